The smallest absolute Gasteiger partial charge is 0.335 e. The Kier molecular flexibility index (Phi) is 3.37. The molecule has 0 fully saturated rings. The fourth-order valence-corrected chi connectivity index (χ4v) is 1.44. The summed E-state index contributed by atoms with van der Waals surface area (Å²) in [4.78, 5) is 27.8. The van der Waals surface area contributed by atoms with Crippen LogP contribution >= 0.6 is 0 Å². The molecule has 0 bridgehead atoms. The molecule has 0 aliphatic heterocycles. The molecule has 1 amide bonds. The van der Waals surface area contributed by atoms with Crippen molar-refractivity contribution in [1.82, 2.24) is 9.88 Å². The van der Waals surface area contributed by atoms with Gasteiger partial charge < -0.3 is 19.7 Å². The Morgan fingerprint density at radius 1 is 1.42 bits per heavy atom. The zero-order valence-electron chi connectivity index (χ0n) is 10.5. The van der Waals surface area contributed by atoms with E-state index in [9.17, 15) is 9.59 Å². The normalized spacial score (nSPS) is 10.4. The highest BCUT2D eigenvalue weighted by Crippen LogP contribution is 2.20. The van der Waals surface area contributed by atoms with Gasteiger partial charge in [-0.05, 0) is 18.2 Å². The number of likely N-dealkylation sites (N-methyl/N-ethyl adjacent to an activating group) is 1. The molecule has 0 saturated heterocycles. The number of aromatic carboxylic acids is 1. The Labute approximate surface area is 108 Å². The Balaban J connectivity index is 2.17. The van der Waals surface area contributed by atoms with E-state index in [1.807, 2.05) is 0 Å². The summed E-state index contributed by atoms with van der Waals surface area (Å²) in [5.41, 5.74) is 1.02. The second kappa shape index (κ2) is 4.97. The zero-order valence-corrected chi connectivity index (χ0v) is 10.5. The van der Waals surface area contributed by atoms with Gasteiger partial charge in [0, 0.05) is 14.1 Å². The number of anilines is 1. The number of rotatable bonds is 4. The van der Waals surface area contributed by atoms with Crippen LogP contribution in [0.5, 0.6) is 0 Å². The maximum Gasteiger partial charge on any atom is 0.335 e. The van der Waals surface area contributed by atoms with Crippen molar-refractivity contribution < 1.29 is 19.1 Å². The molecule has 0 saturated carbocycles. The zero-order chi connectivity index (χ0) is 14.0. The van der Waals surface area contributed by atoms with Crippen molar-refractivity contribution in [3.63, 3.8) is 0 Å². The summed E-state index contributed by atoms with van der Waals surface area (Å²) in [6.45, 7) is 0.0611. The van der Waals surface area contributed by atoms with Gasteiger partial charge in [-0.15, -0.1) is 0 Å². The van der Waals surface area contributed by atoms with Crippen LogP contribution in [-0.4, -0.2) is 47.5 Å². The van der Waals surface area contributed by atoms with Gasteiger partial charge in [0.15, 0.2) is 5.58 Å². The van der Waals surface area contributed by atoms with Crippen LogP contribution < -0.4 is 5.32 Å². The molecule has 1 heterocycles. The molecule has 2 aromatic rings. The number of nitrogens with one attached hydrogen (secondary N) is 1. The number of oxazole rings is 1. The molecule has 2 rings (SSSR count). The molecule has 0 spiro atoms. The lowest BCUT2D eigenvalue weighted by Gasteiger charge is -2.09. The van der Waals surface area contributed by atoms with E-state index in [4.69, 9.17) is 9.52 Å². The molecular formula is C12H13N3O4. The third kappa shape index (κ3) is 2.82. The van der Waals surface area contributed by atoms with Gasteiger partial charge in [0.2, 0.25) is 5.91 Å². The molecule has 7 heteroatoms. The number of benzene rings is 1. The lowest BCUT2D eigenvalue weighted by molar-refractivity contribution is -0.126. The van der Waals surface area contributed by atoms with Crippen LogP contribution in [0.25, 0.3) is 11.1 Å². The minimum Gasteiger partial charge on any atom is -0.478 e. The van der Waals surface area contributed by atoms with Crippen molar-refractivity contribution >= 4 is 29.0 Å². The van der Waals surface area contributed by atoms with Crippen LogP contribution in [0.1, 0.15) is 10.4 Å². The standard InChI is InChI=1S/C12H13N3O4/c1-15(2)10(16)6-13-12-14-8-4-3-7(11(17)18)5-9(8)19-12/h3-5H,6H2,1-2H3,(H,13,14)(H,17,18). The maximum atomic E-state index is 11.4. The van der Waals surface area contributed by atoms with E-state index in [1.54, 1.807) is 20.2 Å². The number of amides is 1. The van der Waals surface area contributed by atoms with Crippen molar-refractivity contribution in [2.24, 2.45) is 0 Å². The molecule has 0 atom stereocenters. The summed E-state index contributed by atoms with van der Waals surface area (Å²) in [5.74, 6) is -1.15. The van der Waals surface area contributed by atoms with Gasteiger partial charge in [-0.1, -0.05) is 0 Å². The molecular weight excluding hydrogens is 250 g/mol. The number of carboxylic acids is 1. The fourth-order valence-electron chi connectivity index (χ4n) is 1.44. The van der Waals surface area contributed by atoms with Gasteiger partial charge >= 0.3 is 5.97 Å². The Bertz CT molecular complexity index is 633. The molecule has 0 radical (unpaired) electrons. The minimum absolute atomic E-state index is 0.0611. The van der Waals surface area contributed by atoms with Crippen LogP contribution in [0.4, 0.5) is 6.01 Å². The summed E-state index contributed by atoms with van der Waals surface area (Å²) in [5, 5.41) is 11.6. The van der Waals surface area contributed by atoms with Crippen molar-refractivity contribution in [2.45, 2.75) is 0 Å². The fraction of sp³-hybridized carbons (Fsp3) is 0.250. The average molecular weight is 263 g/mol. The van der Waals surface area contributed by atoms with E-state index in [-0.39, 0.29) is 24.0 Å². The highest BCUT2D eigenvalue weighted by atomic mass is 16.4. The molecule has 1 aromatic heterocycles. The number of hydrogen-bond donors (Lipinski definition) is 2. The van der Waals surface area contributed by atoms with Gasteiger partial charge in [-0.3, -0.25) is 4.79 Å². The number of hydrogen-bond acceptors (Lipinski definition) is 5. The number of carboxylic acid groups (broad SMARTS) is 1. The van der Waals surface area contributed by atoms with Crippen molar-refractivity contribution in [2.75, 3.05) is 26.0 Å². The molecule has 100 valence electrons. The number of aromatic nitrogens is 1. The molecule has 1 aromatic carbocycles. The van der Waals surface area contributed by atoms with E-state index in [0.717, 1.165) is 0 Å². The summed E-state index contributed by atoms with van der Waals surface area (Å²) in [7, 11) is 3.30. The third-order valence-corrected chi connectivity index (χ3v) is 2.53. The lowest BCUT2D eigenvalue weighted by atomic mass is 10.2. The molecule has 0 aliphatic rings. The maximum absolute atomic E-state index is 11.4. The second-order valence-corrected chi connectivity index (χ2v) is 4.15. The molecule has 19 heavy (non-hydrogen) atoms. The van der Waals surface area contributed by atoms with E-state index in [1.165, 1.54) is 17.0 Å². The molecule has 7 nitrogen and oxygen atoms in total. The highest BCUT2D eigenvalue weighted by molar-refractivity contribution is 5.92. The van der Waals surface area contributed by atoms with Crippen molar-refractivity contribution in [1.29, 1.82) is 0 Å². The van der Waals surface area contributed by atoms with Crippen LogP contribution in [0.2, 0.25) is 0 Å². The third-order valence-electron chi connectivity index (χ3n) is 2.53. The average Bonchev–Trinajstić information content (AvgIpc) is 2.77. The SMILES string of the molecule is CN(C)C(=O)CNc1nc2ccc(C(=O)O)cc2o1. The number of nitrogens with zero attached hydrogens (tertiary/aromatic N) is 2. The van der Waals surface area contributed by atoms with Gasteiger partial charge in [0.25, 0.3) is 6.01 Å². The summed E-state index contributed by atoms with van der Waals surface area (Å²) < 4.78 is 5.33. The van der Waals surface area contributed by atoms with E-state index in [0.29, 0.717) is 11.1 Å². The predicted octanol–water partition coefficient (Wildman–Crippen LogP) is 1.03. The molecule has 2 N–H and O–H groups in total. The minimum atomic E-state index is -1.03. The predicted molar refractivity (Wildman–Crippen MR) is 68.2 cm³/mol. The number of fused-ring (bicyclic) bond motifs is 1. The van der Waals surface area contributed by atoms with Gasteiger partial charge in [-0.25, -0.2) is 4.79 Å². The first-order valence-corrected chi connectivity index (χ1v) is 5.55. The van der Waals surface area contributed by atoms with Gasteiger partial charge in [0.1, 0.15) is 5.52 Å². The first kappa shape index (κ1) is 12.9. The van der Waals surface area contributed by atoms with Gasteiger partial charge in [-0.2, -0.15) is 4.98 Å². The summed E-state index contributed by atoms with van der Waals surface area (Å²) in [6.07, 6.45) is 0. The Morgan fingerprint density at radius 2 is 2.16 bits per heavy atom. The number of carbonyl (C=O) groups excluding carboxylic acids is 1. The first-order chi connectivity index (χ1) is 8.97. The van der Waals surface area contributed by atoms with Crippen LogP contribution in [0.15, 0.2) is 22.6 Å². The number of carbonyl (C=O) groups is 2. The molecule has 0 unspecified atom stereocenters. The summed E-state index contributed by atoms with van der Waals surface area (Å²) >= 11 is 0. The Morgan fingerprint density at radius 3 is 2.79 bits per heavy atom. The lowest BCUT2D eigenvalue weighted by Crippen LogP contribution is -2.28. The Hall–Kier alpha value is -2.57. The van der Waals surface area contributed by atoms with Crippen LogP contribution in [0.3, 0.4) is 0 Å². The van der Waals surface area contributed by atoms with Crippen LogP contribution in [0, 0.1) is 0 Å². The van der Waals surface area contributed by atoms with Gasteiger partial charge in [0.05, 0.1) is 12.1 Å². The first-order valence-electron chi connectivity index (χ1n) is 5.55. The topological polar surface area (TPSA) is 95.7 Å². The van der Waals surface area contributed by atoms with E-state index >= 15 is 0 Å². The van der Waals surface area contributed by atoms with Crippen LogP contribution in [-0.2, 0) is 4.79 Å². The highest BCUT2D eigenvalue weighted by Gasteiger charge is 2.11. The second-order valence-electron chi connectivity index (χ2n) is 4.15. The van der Waals surface area contributed by atoms with Crippen molar-refractivity contribution in [3.8, 4) is 0 Å². The van der Waals surface area contributed by atoms with Crippen molar-refractivity contribution in [3.05, 3.63) is 23.8 Å². The summed E-state index contributed by atoms with van der Waals surface area (Å²) in [6, 6.07) is 4.58. The van der Waals surface area contributed by atoms with E-state index < -0.39 is 5.97 Å². The quantitative estimate of drug-likeness (QED) is 0.855. The van der Waals surface area contributed by atoms with E-state index in [2.05, 4.69) is 10.3 Å². The monoisotopic (exact) mass is 263 g/mol. The molecule has 0 aliphatic carbocycles. The largest absolute Gasteiger partial charge is 0.478 e.